The van der Waals surface area contributed by atoms with Gasteiger partial charge in [0, 0.05) is 12.7 Å². The summed E-state index contributed by atoms with van der Waals surface area (Å²) in [6.45, 7) is 2.65. The van der Waals surface area contributed by atoms with E-state index in [0.717, 1.165) is 0 Å². The topological polar surface area (TPSA) is 18.5 Å². The Morgan fingerprint density at radius 1 is 1.31 bits per heavy atom. The third-order valence-corrected chi connectivity index (χ3v) is 1.76. The lowest BCUT2D eigenvalue weighted by atomic mass is 10.2. The quantitative estimate of drug-likeness (QED) is 0.667. The molecular formula is C10H13FO2. The number of methoxy groups -OCH3 is 1. The van der Waals surface area contributed by atoms with E-state index in [1.54, 1.807) is 26.2 Å². The van der Waals surface area contributed by atoms with E-state index in [0.29, 0.717) is 24.5 Å². The van der Waals surface area contributed by atoms with E-state index < -0.39 is 0 Å². The molecule has 13 heavy (non-hydrogen) atoms. The monoisotopic (exact) mass is 184 g/mol. The zero-order valence-electron chi connectivity index (χ0n) is 7.84. The van der Waals surface area contributed by atoms with Gasteiger partial charge in [-0.2, -0.15) is 0 Å². The number of rotatable bonds is 4. The van der Waals surface area contributed by atoms with Gasteiger partial charge in [-0.15, -0.1) is 0 Å². The van der Waals surface area contributed by atoms with Crippen molar-refractivity contribution in [3.05, 3.63) is 29.6 Å². The highest BCUT2D eigenvalue weighted by Gasteiger charge is 2.03. The lowest BCUT2D eigenvalue weighted by molar-refractivity contribution is 0.145. The Labute approximate surface area is 77.3 Å². The average molecular weight is 184 g/mol. The number of halogens is 1. The Morgan fingerprint density at radius 2 is 2.08 bits per heavy atom. The van der Waals surface area contributed by atoms with Crippen LogP contribution in [-0.2, 0) is 4.74 Å². The normalized spacial score (nSPS) is 10.1. The smallest absolute Gasteiger partial charge is 0.129 e. The van der Waals surface area contributed by atoms with Crippen molar-refractivity contribution in [2.24, 2.45) is 0 Å². The molecule has 2 nitrogen and oxygen atoms in total. The molecule has 0 saturated carbocycles. The minimum atomic E-state index is -0.241. The summed E-state index contributed by atoms with van der Waals surface area (Å²) in [6, 6.07) is 4.79. The highest BCUT2D eigenvalue weighted by molar-refractivity contribution is 5.33. The van der Waals surface area contributed by atoms with Gasteiger partial charge < -0.3 is 9.47 Å². The molecule has 0 amide bonds. The van der Waals surface area contributed by atoms with Crippen LogP contribution in [0.5, 0.6) is 5.75 Å². The van der Waals surface area contributed by atoms with Crippen LogP contribution in [0.25, 0.3) is 0 Å². The van der Waals surface area contributed by atoms with E-state index in [2.05, 4.69) is 0 Å². The molecule has 0 aromatic heterocycles. The summed E-state index contributed by atoms with van der Waals surface area (Å²) >= 11 is 0. The molecule has 0 aliphatic rings. The molecule has 1 rings (SSSR count). The van der Waals surface area contributed by atoms with Crippen molar-refractivity contribution in [1.29, 1.82) is 0 Å². The largest absolute Gasteiger partial charge is 0.491 e. The van der Waals surface area contributed by atoms with Gasteiger partial charge in [0.25, 0.3) is 0 Å². The van der Waals surface area contributed by atoms with Gasteiger partial charge in [0.05, 0.1) is 6.61 Å². The van der Waals surface area contributed by atoms with Crippen LogP contribution >= 0.6 is 0 Å². The van der Waals surface area contributed by atoms with E-state index in [9.17, 15) is 4.39 Å². The summed E-state index contributed by atoms with van der Waals surface area (Å²) in [5.74, 6) is 0.340. The van der Waals surface area contributed by atoms with Crippen LogP contribution in [-0.4, -0.2) is 20.3 Å². The first-order valence-electron chi connectivity index (χ1n) is 4.12. The molecule has 0 aliphatic carbocycles. The van der Waals surface area contributed by atoms with Gasteiger partial charge in [0.15, 0.2) is 0 Å². The molecule has 0 unspecified atom stereocenters. The lowest BCUT2D eigenvalue weighted by Crippen LogP contribution is -2.05. The van der Waals surface area contributed by atoms with Gasteiger partial charge in [0.2, 0.25) is 0 Å². The second kappa shape index (κ2) is 4.82. The standard InChI is InChI=1S/C10H13FO2/c1-8-9(11)4-3-5-10(8)13-7-6-12-2/h3-5H,6-7H2,1-2H3. The molecule has 0 aliphatic heterocycles. The van der Waals surface area contributed by atoms with Gasteiger partial charge in [-0.3, -0.25) is 0 Å². The Balaban J connectivity index is 2.61. The van der Waals surface area contributed by atoms with E-state index in [1.165, 1.54) is 6.07 Å². The third kappa shape index (κ3) is 2.70. The predicted octanol–water partition coefficient (Wildman–Crippen LogP) is 2.16. The molecule has 3 heteroatoms. The summed E-state index contributed by atoms with van der Waals surface area (Å²) < 4.78 is 23.1. The summed E-state index contributed by atoms with van der Waals surface area (Å²) in [7, 11) is 1.60. The minimum Gasteiger partial charge on any atom is -0.491 e. The van der Waals surface area contributed by atoms with Crippen LogP contribution in [0.3, 0.4) is 0 Å². The molecule has 0 saturated heterocycles. The van der Waals surface area contributed by atoms with E-state index in [4.69, 9.17) is 9.47 Å². The molecule has 0 radical (unpaired) electrons. The molecule has 0 N–H and O–H groups in total. The minimum absolute atomic E-state index is 0.241. The first-order valence-corrected chi connectivity index (χ1v) is 4.12. The fourth-order valence-electron chi connectivity index (χ4n) is 0.979. The summed E-state index contributed by atoms with van der Waals surface area (Å²) in [4.78, 5) is 0. The second-order valence-corrected chi connectivity index (χ2v) is 2.70. The molecule has 0 fully saturated rings. The van der Waals surface area contributed by atoms with Crippen LogP contribution in [0, 0.1) is 12.7 Å². The zero-order valence-corrected chi connectivity index (χ0v) is 7.84. The summed E-state index contributed by atoms with van der Waals surface area (Å²) in [5.41, 5.74) is 0.540. The molecule has 0 bridgehead atoms. The Hall–Kier alpha value is -1.09. The van der Waals surface area contributed by atoms with Gasteiger partial charge in [-0.25, -0.2) is 4.39 Å². The first kappa shape index (κ1) is 9.99. The van der Waals surface area contributed by atoms with Gasteiger partial charge in [-0.05, 0) is 19.1 Å². The molecule has 72 valence electrons. The van der Waals surface area contributed by atoms with E-state index in [-0.39, 0.29) is 5.82 Å². The van der Waals surface area contributed by atoms with Gasteiger partial charge in [0.1, 0.15) is 18.2 Å². The number of hydrogen-bond donors (Lipinski definition) is 0. The maximum absolute atomic E-state index is 13.0. The van der Waals surface area contributed by atoms with Crippen LogP contribution in [0.1, 0.15) is 5.56 Å². The van der Waals surface area contributed by atoms with Crippen LogP contribution < -0.4 is 4.74 Å². The molecule has 0 spiro atoms. The molecule has 1 aromatic carbocycles. The predicted molar refractivity (Wildman–Crippen MR) is 48.5 cm³/mol. The number of ether oxygens (including phenoxy) is 2. The Morgan fingerprint density at radius 3 is 2.77 bits per heavy atom. The van der Waals surface area contributed by atoms with Crippen molar-refractivity contribution in [3.8, 4) is 5.75 Å². The third-order valence-electron chi connectivity index (χ3n) is 1.76. The van der Waals surface area contributed by atoms with Gasteiger partial charge >= 0.3 is 0 Å². The van der Waals surface area contributed by atoms with E-state index >= 15 is 0 Å². The summed E-state index contributed by atoms with van der Waals surface area (Å²) in [5, 5.41) is 0. The van der Waals surface area contributed by atoms with Crippen LogP contribution in [0.2, 0.25) is 0 Å². The zero-order chi connectivity index (χ0) is 9.68. The number of benzene rings is 1. The fraction of sp³-hybridized carbons (Fsp3) is 0.400. The maximum Gasteiger partial charge on any atom is 0.129 e. The molecule has 0 heterocycles. The lowest BCUT2D eigenvalue weighted by Gasteiger charge is -2.08. The van der Waals surface area contributed by atoms with Crippen LogP contribution in [0.15, 0.2) is 18.2 Å². The van der Waals surface area contributed by atoms with E-state index in [1.807, 2.05) is 0 Å². The molecule has 0 atom stereocenters. The van der Waals surface area contributed by atoms with Crippen LogP contribution in [0.4, 0.5) is 4.39 Å². The highest BCUT2D eigenvalue weighted by Crippen LogP contribution is 2.19. The van der Waals surface area contributed by atoms with Crippen molar-refractivity contribution in [1.82, 2.24) is 0 Å². The Kier molecular flexibility index (Phi) is 3.71. The van der Waals surface area contributed by atoms with Crippen molar-refractivity contribution >= 4 is 0 Å². The van der Waals surface area contributed by atoms with Crippen molar-refractivity contribution < 1.29 is 13.9 Å². The fourth-order valence-corrected chi connectivity index (χ4v) is 0.979. The van der Waals surface area contributed by atoms with Gasteiger partial charge in [-0.1, -0.05) is 6.07 Å². The second-order valence-electron chi connectivity index (χ2n) is 2.70. The Bertz CT molecular complexity index is 274. The highest BCUT2D eigenvalue weighted by atomic mass is 19.1. The summed E-state index contributed by atoms with van der Waals surface area (Å²) in [6.07, 6.45) is 0. The van der Waals surface area contributed by atoms with Crippen molar-refractivity contribution in [2.45, 2.75) is 6.92 Å². The van der Waals surface area contributed by atoms with Crippen molar-refractivity contribution in [3.63, 3.8) is 0 Å². The number of hydrogen-bond acceptors (Lipinski definition) is 2. The molecule has 1 aromatic rings. The molecular weight excluding hydrogens is 171 g/mol. The SMILES string of the molecule is COCCOc1cccc(F)c1C. The first-order chi connectivity index (χ1) is 6.25. The van der Waals surface area contributed by atoms with Crippen molar-refractivity contribution in [2.75, 3.05) is 20.3 Å². The maximum atomic E-state index is 13.0. The average Bonchev–Trinajstić information content (AvgIpc) is 2.13.